The molecule has 0 radical (unpaired) electrons. The zero-order valence-corrected chi connectivity index (χ0v) is 16.7. The van der Waals surface area contributed by atoms with Gasteiger partial charge in [0.25, 0.3) is 0 Å². The number of benzene rings is 1. The molecule has 1 heterocycles. The molecule has 1 aromatic heterocycles. The van der Waals surface area contributed by atoms with Gasteiger partial charge in [-0.25, -0.2) is 9.98 Å². The Labute approximate surface area is 162 Å². The highest BCUT2D eigenvalue weighted by atomic mass is 16.3. The van der Waals surface area contributed by atoms with Crippen molar-refractivity contribution in [2.24, 2.45) is 4.99 Å². The average molecular weight is 373 g/mol. The summed E-state index contributed by atoms with van der Waals surface area (Å²) in [4.78, 5) is 9.08. The molecule has 0 spiro atoms. The predicted octanol–water partition coefficient (Wildman–Crippen LogP) is 3.73. The van der Waals surface area contributed by atoms with Crippen molar-refractivity contribution in [3.63, 3.8) is 0 Å². The maximum atomic E-state index is 10.8. The van der Waals surface area contributed by atoms with Crippen molar-refractivity contribution in [2.75, 3.05) is 13.1 Å². The van der Waals surface area contributed by atoms with Crippen molar-refractivity contribution in [1.82, 2.24) is 15.6 Å². The lowest BCUT2D eigenvalue weighted by atomic mass is 9.93. The van der Waals surface area contributed by atoms with E-state index in [4.69, 9.17) is 4.42 Å². The van der Waals surface area contributed by atoms with Crippen molar-refractivity contribution in [2.45, 2.75) is 58.6 Å². The van der Waals surface area contributed by atoms with Gasteiger partial charge in [0.1, 0.15) is 12.0 Å². The van der Waals surface area contributed by atoms with E-state index in [1.807, 2.05) is 37.3 Å². The summed E-state index contributed by atoms with van der Waals surface area (Å²) in [6.45, 7) is 7.84. The molecule has 0 aliphatic carbocycles. The maximum Gasteiger partial charge on any atom is 0.226 e. The van der Waals surface area contributed by atoms with Crippen LogP contribution in [0.4, 0.5) is 0 Å². The van der Waals surface area contributed by atoms with Crippen LogP contribution in [0.5, 0.6) is 0 Å². The van der Waals surface area contributed by atoms with Gasteiger partial charge in [0.2, 0.25) is 5.89 Å². The molecule has 148 valence electrons. The summed E-state index contributed by atoms with van der Waals surface area (Å²) in [5, 5.41) is 17.3. The second-order valence-electron chi connectivity index (χ2n) is 6.78. The minimum absolute atomic E-state index is 0.408. The lowest BCUT2D eigenvalue weighted by Crippen LogP contribution is -2.47. The molecular formula is C21H32N4O2. The molecule has 1 aromatic carbocycles. The van der Waals surface area contributed by atoms with Gasteiger partial charge in [0.15, 0.2) is 5.96 Å². The van der Waals surface area contributed by atoms with Crippen molar-refractivity contribution in [3.05, 3.63) is 42.3 Å². The minimum Gasteiger partial charge on any atom is -0.444 e. The van der Waals surface area contributed by atoms with Gasteiger partial charge in [0.05, 0.1) is 12.1 Å². The summed E-state index contributed by atoms with van der Waals surface area (Å²) in [6, 6.07) is 9.81. The topological polar surface area (TPSA) is 82.7 Å². The molecule has 0 saturated heterocycles. The summed E-state index contributed by atoms with van der Waals surface area (Å²) in [7, 11) is 0. The first-order valence-corrected chi connectivity index (χ1v) is 9.84. The fourth-order valence-corrected chi connectivity index (χ4v) is 3.08. The van der Waals surface area contributed by atoms with E-state index in [1.54, 1.807) is 6.26 Å². The van der Waals surface area contributed by atoms with E-state index >= 15 is 0 Å². The van der Waals surface area contributed by atoms with Crippen molar-refractivity contribution in [1.29, 1.82) is 0 Å². The largest absolute Gasteiger partial charge is 0.444 e. The molecule has 6 heteroatoms. The lowest BCUT2D eigenvalue weighted by Gasteiger charge is -2.28. The van der Waals surface area contributed by atoms with Gasteiger partial charge in [-0.05, 0) is 31.9 Å². The van der Waals surface area contributed by atoms with Crippen LogP contribution in [0, 0.1) is 0 Å². The van der Waals surface area contributed by atoms with Crippen LogP contribution < -0.4 is 10.6 Å². The van der Waals surface area contributed by atoms with Crippen LogP contribution in [0.25, 0.3) is 11.5 Å². The quantitative estimate of drug-likeness (QED) is 0.437. The lowest BCUT2D eigenvalue weighted by molar-refractivity contribution is 0.0257. The number of nitrogens with one attached hydrogen (secondary N) is 2. The molecule has 27 heavy (non-hydrogen) atoms. The van der Waals surface area contributed by atoms with Crippen LogP contribution in [0.1, 0.15) is 52.1 Å². The number of hydrogen-bond acceptors (Lipinski definition) is 4. The van der Waals surface area contributed by atoms with Crippen molar-refractivity contribution in [3.8, 4) is 11.5 Å². The van der Waals surface area contributed by atoms with E-state index in [-0.39, 0.29) is 0 Å². The van der Waals surface area contributed by atoms with E-state index in [1.165, 1.54) is 0 Å². The maximum absolute atomic E-state index is 10.8. The molecule has 0 fully saturated rings. The molecule has 2 aromatic rings. The molecule has 3 N–H and O–H groups in total. The standard InChI is InChI=1S/C21H32N4O2/c1-4-12-21(26,13-5-2)16-24-20(22-6-3)23-14-18-15-27-19(25-18)17-10-8-7-9-11-17/h7-11,15,26H,4-6,12-14,16H2,1-3H3,(H2,22,23,24). The van der Waals surface area contributed by atoms with Crippen molar-refractivity contribution < 1.29 is 9.52 Å². The Morgan fingerprint density at radius 2 is 1.81 bits per heavy atom. The Morgan fingerprint density at radius 3 is 2.44 bits per heavy atom. The van der Waals surface area contributed by atoms with Crippen LogP contribution in [-0.4, -0.2) is 34.7 Å². The summed E-state index contributed by atoms with van der Waals surface area (Å²) in [5.74, 6) is 1.27. The highest BCUT2D eigenvalue weighted by molar-refractivity contribution is 5.79. The van der Waals surface area contributed by atoms with E-state index in [0.29, 0.717) is 24.9 Å². The SMILES string of the molecule is CCCC(O)(CCC)CNC(=NCc1coc(-c2ccccc2)n1)NCC. The zero-order valence-electron chi connectivity index (χ0n) is 16.7. The number of aliphatic hydroxyl groups is 1. The van der Waals surface area contributed by atoms with Crippen LogP contribution in [0.15, 0.2) is 46.0 Å². The Balaban J connectivity index is 1.99. The van der Waals surface area contributed by atoms with Crippen LogP contribution in [0.2, 0.25) is 0 Å². The number of aliphatic imine (C=N–C) groups is 1. The van der Waals surface area contributed by atoms with Gasteiger partial charge in [-0.15, -0.1) is 0 Å². The van der Waals surface area contributed by atoms with E-state index in [2.05, 4.69) is 34.5 Å². The van der Waals surface area contributed by atoms with Crippen LogP contribution in [-0.2, 0) is 6.54 Å². The average Bonchev–Trinajstić information content (AvgIpc) is 3.14. The van der Waals surface area contributed by atoms with E-state index < -0.39 is 5.60 Å². The van der Waals surface area contributed by atoms with Gasteiger partial charge >= 0.3 is 0 Å². The first-order chi connectivity index (χ1) is 13.1. The normalized spacial score (nSPS) is 12.2. The first-order valence-electron chi connectivity index (χ1n) is 9.84. The minimum atomic E-state index is -0.700. The fourth-order valence-electron chi connectivity index (χ4n) is 3.08. The fraction of sp³-hybridized carbons (Fsp3) is 0.524. The molecule has 0 aliphatic heterocycles. The highest BCUT2D eigenvalue weighted by Crippen LogP contribution is 2.19. The Hall–Kier alpha value is -2.34. The smallest absolute Gasteiger partial charge is 0.226 e. The Bertz CT molecular complexity index is 691. The van der Waals surface area contributed by atoms with Gasteiger partial charge < -0.3 is 20.2 Å². The van der Waals surface area contributed by atoms with Gasteiger partial charge in [0, 0.05) is 18.7 Å². The summed E-state index contributed by atoms with van der Waals surface area (Å²) in [5.41, 5.74) is 1.01. The molecule has 0 aliphatic rings. The predicted molar refractivity (Wildman–Crippen MR) is 110 cm³/mol. The van der Waals surface area contributed by atoms with Gasteiger partial charge in [-0.2, -0.15) is 0 Å². The van der Waals surface area contributed by atoms with Crippen molar-refractivity contribution >= 4 is 5.96 Å². The molecule has 6 nitrogen and oxygen atoms in total. The first kappa shape index (κ1) is 21.0. The van der Waals surface area contributed by atoms with E-state index in [0.717, 1.165) is 43.5 Å². The summed E-state index contributed by atoms with van der Waals surface area (Å²) >= 11 is 0. The van der Waals surface area contributed by atoms with Gasteiger partial charge in [-0.1, -0.05) is 44.9 Å². The summed E-state index contributed by atoms with van der Waals surface area (Å²) in [6.07, 6.45) is 5.09. The molecule has 0 bridgehead atoms. The molecule has 2 rings (SSSR count). The third kappa shape index (κ3) is 6.71. The Kier molecular flexibility index (Phi) is 8.33. The number of aromatic nitrogens is 1. The number of nitrogens with zero attached hydrogens (tertiary/aromatic N) is 2. The molecule has 0 unspecified atom stereocenters. The Morgan fingerprint density at radius 1 is 1.11 bits per heavy atom. The number of hydrogen-bond donors (Lipinski definition) is 3. The molecular weight excluding hydrogens is 340 g/mol. The number of oxazole rings is 1. The number of guanidine groups is 1. The number of rotatable bonds is 10. The molecule has 0 amide bonds. The zero-order chi connectivity index (χ0) is 19.5. The third-order valence-electron chi connectivity index (χ3n) is 4.33. The van der Waals surface area contributed by atoms with Gasteiger partial charge in [-0.3, -0.25) is 0 Å². The monoisotopic (exact) mass is 372 g/mol. The highest BCUT2D eigenvalue weighted by Gasteiger charge is 2.24. The third-order valence-corrected chi connectivity index (χ3v) is 4.33. The van der Waals surface area contributed by atoms with Crippen LogP contribution >= 0.6 is 0 Å². The molecule has 0 atom stereocenters. The second kappa shape index (κ2) is 10.7. The van der Waals surface area contributed by atoms with E-state index in [9.17, 15) is 5.11 Å². The van der Waals surface area contributed by atoms with Crippen LogP contribution in [0.3, 0.4) is 0 Å². The molecule has 0 saturated carbocycles. The summed E-state index contributed by atoms with van der Waals surface area (Å²) < 4.78 is 5.56. The second-order valence-corrected chi connectivity index (χ2v) is 6.78.